The Labute approximate surface area is 138 Å². The normalized spacial score (nSPS) is 11.8. The smallest absolute Gasteiger partial charge is 0.0184 e. The molecule has 0 aliphatic heterocycles. The van der Waals surface area contributed by atoms with E-state index in [1.165, 1.54) is 48.1 Å². The Morgan fingerprint density at radius 2 is 1.55 bits per heavy atom. The Kier molecular flexibility index (Phi) is 8.28. The molecule has 20 heavy (non-hydrogen) atoms. The molecule has 0 radical (unpaired) electrons. The van der Waals surface area contributed by atoms with Crippen LogP contribution in [-0.4, -0.2) is 11.1 Å². The number of halogens is 1. The van der Waals surface area contributed by atoms with Gasteiger partial charge in [0.25, 0.3) is 0 Å². The third-order valence-corrected chi connectivity index (χ3v) is 6.35. The maximum absolute atomic E-state index is 3.77. The number of alkyl halides is 1. The van der Waals surface area contributed by atoms with Crippen molar-refractivity contribution in [1.82, 2.24) is 0 Å². The van der Waals surface area contributed by atoms with Gasteiger partial charge in [0, 0.05) is 16.8 Å². The maximum Gasteiger partial charge on any atom is 0.0184 e. The largest absolute Gasteiger partial charge is 0.157 e. The summed E-state index contributed by atoms with van der Waals surface area (Å²) in [5.74, 6) is 2.41. The van der Waals surface area contributed by atoms with Crippen molar-refractivity contribution < 1.29 is 0 Å². The average Bonchev–Trinajstić information content (AvgIpc) is 2.38. The van der Waals surface area contributed by atoms with E-state index in [4.69, 9.17) is 0 Å². The number of rotatable bonds is 9. The van der Waals surface area contributed by atoms with E-state index in [1.54, 1.807) is 0 Å². The lowest BCUT2D eigenvalue weighted by molar-refractivity contribution is 0.320. The summed E-state index contributed by atoms with van der Waals surface area (Å²) < 4.78 is 0. The second-order valence-electron chi connectivity index (χ2n) is 6.12. The van der Waals surface area contributed by atoms with Gasteiger partial charge in [-0.05, 0) is 37.7 Å². The highest BCUT2D eigenvalue weighted by molar-refractivity contribution is 9.09. The summed E-state index contributed by atoms with van der Waals surface area (Å²) in [6.45, 7) is 9.00. The molecule has 0 heterocycles. The van der Waals surface area contributed by atoms with Crippen LogP contribution in [0.25, 0.3) is 0 Å². The zero-order valence-corrected chi connectivity index (χ0v) is 15.9. The Morgan fingerprint density at radius 3 is 2.00 bits per heavy atom. The van der Waals surface area contributed by atoms with E-state index in [2.05, 4.69) is 73.6 Å². The van der Waals surface area contributed by atoms with Crippen LogP contribution in [0.2, 0.25) is 0 Å². The van der Waals surface area contributed by atoms with Crippen LogP contribution in [0, 0.1) is 19.3 Å². The van der Waals surface area contributed by atoms with Crippen molar-refractivity contribution in [3.05, 3.63) is 34.9 Å². The van der Waals surface area contributed by atoms with Gasteiger partial charge in [-0.2, -0.15) is 11.8 Å². The molecule has 1 aromatic rings. The van der Waals surface area contributed by atoms with Gasteiger partial charge in [-0.3, -0.25) is 0 Å². The average molecular weight is 357 g/mol. The molecule has 0 saturated heterocycles. The first-order valence-electron chi connectivity index (χ1n) is 7.76. The van der Waals surface area contributed by atoms with Gasteiger partial charge in [0.2, 0.25) is 0 Å². The molecule has 0 atom stereocenters. The van der Waals surface area contributed by atoms with Gasteiger partial charge in [-0.15, -0.1) is 0 Å². The summed E-state index contributed by atoms with van der Waals surface area (Å²) in [7, 11) is 0. The van der Waals surface area contributed by atoms with E-state index in [-0.39, 0.29) is 0 Å². The summed E-state index contributed by atoms with van der Waals surface area (Å²) >= 11 is 5.88. The van der Waals surface area contributed by atoms with Crippen molar-refractivity contribution in [3.63, 3.8) is 0 Å². The third-order valence-electron chi connectivity index (χ3n) is 3.80. The first kappa shape index (κ1) is 18.1. The summed E-state index contributed by atoms with van der Waals surface area (Å²) in [4.78, 5) is 0. The lowest BCUT2D eigenvalue weighted by Crippen LogP contribution is -2.25. The quantitative estimate of drug-likeness (QED) is 0.454. The molecule has 0 aromatic heterocycles. The Bertz CT molecular complexity index is 374. The second-order valence-corrected chi connectivity index (χ2v) is 7.67. The standard InChI is InChI=1S/C18H29BrS/c1-5-7-18(13-19,8-6-2)14-20-12-17-10-15(3)9-16(4)11-17/h9-11H,5-8,12-14H2,1-4H3. The third kappa shape index (κ3) is 5.81. The minimum Gasteiger partial charge on any atom is -0.157 e. The molecule has 0 unspecified atom stereocenters. The van der Waals surface area contributed by atoms with E-state index in [1.807, 2.05) is 0 Å². The van der Waals surface area contributed by atoms with Gasteiger partial charge in [-0.1, -0.05) is 71.9 Å². The number of hydrogen-bond donors (Lipinski definition) is 0. The highest BCUT2D eigenvalue weighted by atomic mass is 79.9. The molecule has 0 bridgehead atoms. The molecule has 114 valence electrons. The van der Waals surface area contributed by atoms with Gasteiger partial charge < -0.3 is 0 Å². The molecule has 0 fully saturated rings. The van der Waals surface area contributed by atoms with Crippen LogP contribution in [0.1, 0.15) is 56.2 Å². The fraction of sp³-hybridized carbons (Fsp3) is 0.667. The number of aryl methyl sites for hydroxylation is 2. The number of thioether (sulfide) groups is 1. The van der Waals surface area contributed by atoms with Gasteiger partial charge in [0.05, 0.1) is 0 Å². The summed E-state index contributed by atoms with van der Waals surface area (Å²) in [6.07, 6.45) is 5.25. The van der Waals surface area contributed by atoms with Gasteiger partial charge in [0.15, 0.2) is 0 Å². The first-order valence-corrected chi connectivity index (χ1v) is 10.0. The van der Waals surface area contributed by atoms with Crippen LogP contribution in [0.5, 0.6) is 0 Å². The number of benzene rings is 1. The SMILES string of the molecule is CCCC(CBr)(CCC)CSCc1cc(C)cc(C)c1. The first-order chi connectivity index (χ1) is 9.55. The molecule has 0 saturated carbocycles. The Hall–Kier alpha value is 0.0500. The summed E-state index contributed by atoms with van der Waals surface area (Å²) in [5.41, 5.74) is 4.74. The molecular weight excluding hydrogens is 328 g/mol. The topological polar surface area (TPSA) is 0 Å². The van der Waals surface area contributed by atoms with Crippen LogP contribution >= 0.6 is 27.7 Å². The molecule has 0 N–H and O–H groups in total. The van der Waals surface area contributed by atoms with Crippen LogP contribution in [0.3, 0.4) is 0 Å². The van der Waals surface area contributed by atoms with Crippen LogP contribution in [-0.2, 0) is 5.75 Å². The molecule has 0 nitrogen and oxygen atoms in total. The predicted octanol–water partition coefficient (Wildman–Crippen LogP) is 6.52. The van der Waals surface area contributed by atoms with E-state index in [9.17, 15) is 0 Å². The zero-order chi connectivity index (χ0) is 15.0. The van der Waals surface area contributed by atoms with Crippen molar-refractivity contribution in [2.75, 3.05) is 11.1 Å². The molecule has 0 amide bonds. The van der Waals surface area contributed by atoms with Crippen LogP contribution in [0.15, 0.2) is 18.2 Å². The molecule has 0 aliphatic rings. The number of hydrogen-bond acceptors (Lipinski definition) is 1. The van der Waals surface area contributed by atoms with Crippen molar-refractivity contribution in [2.24, 2.45) is 5.41 Å². The fourth-order valence-corrected chi connectivity index (χ4v) is 5.39. The molecule has 0 spiro atoms. The fourth-order valence-electron chi connectivity index (χ4n) is 3.04. The summed E-state index contributed by atoms with van der Waals surface area (Å²) in [6, 6.07) is 6.91. The second kappa shape index (κ2) is 9.15. The highest BCUT2D eigenvalue weighted by Gasteiger charge is 2.26. The van der Waals surface area contributed by atoms with E-state index in [0.29, 0.717) is 5.41 Å². The van der Waals surface area contributed by atoms with E-state index < -0.39 is 0 Å². The summed E-state index contributed by atoms with van der Waals surface area (Å²) in [5, 5.41) is 1.14. The van der Waals surface area contributed by atoms with Crippen molar-refractivity contribution in [2.45, 2.75) is 59.1 Å². The Balaban J connectivity index is 2.59. The predicted molar refractivity (Wildman–Crippen MR) is 98.1 cm³/mol. The molecule has 1 aromatic carbocycles. The van der Waals surface area contributed by atoms with Crippen molar-refractivity contribution in [3.8, 4) is 0 Å². The van der Waals surface area contributed by atoms with Crippen LogP contribution in [0.4, 0.5) is 0 Å². The highest BCUT2D eigenvalue weighted by Crippen LogP contribution is 2.36. The van der Waals surface area contributed by atoms with E-state index >= 15 is 0 Å². The van der Waals surface area contributed by atoms with Crippen LogP contribution < -0.4 is 0 Å². The molecule has 0 aliphatic carbocycles. The maximum atomic E-state index is 3.77. The molecular formula is C18H29BrS. The lowest BCUT2D eigenvalue weighted by Gasteiger charge is -2.31. The van der Waals surface area contributed by atoms with Crippen molar-refractivity contribution >= 4 is 27.7 Å². The molecule has 1 rings (SSSR count). The lowest BCUT2D eigenvalue weighted by atomic mass is 9.83. The van der Waals surface area contributed by atoms with Gasteiger partial charge >= 0.3 is 0 Å². The van der Waals surface area contributed by atoms with Crippen molar-refractivity contribution in [1.29, 1.82) is 0 Å². The van der Waals surface area contributed by atoms with Gasteiger partial charge in [-0.25, -0.2) is 0 Å². The minimum atomic E-state index is 0.493. The zero-order valence-electron chi connectivity index (χ0n) is 13.5. The van der Waals surface area contributed by atoms with Gasteiger partial charge in [0.1, 0.15) is 0 Å². The van der Waals surface area contributed by atoms with E-state index in [0.717, 1.165) is 11.1 Å². The Morgan fingerprint density at radius 1 is 1.00 bits per heavy atom. The minimum absolute atomic E-state index is 0.493. The molecule has 2 heteroatoms. The monoisotopic (exact) mass is 356 g/mol.